The normalized spacial score (nSPS) is 14.1. The van der Waals surface area contributed by atoms with Gasteiger partial charge in [0, 0.05) is 0 Å². The molecule has 0 fully saturated rings. The van der Waals surface area contributed by atoms with E-state index in [1.807, 2.05) is 0 Å². The minimum absolute atomic E-state index is 0.184. The number of carbonyl (C=O) groups is 4. The van der Waals surface area contributed by atoms with E-state index in [-0.39, 0.29) is 28.3 Å². The van der Waals surface area contributed by atoms with E-state index in [1.165, 1.54) is 13.2 Å². The summed E-state index contributed by atoms with van der Waals surface area (Å²) in [6.45, 7) is 3.50. The molecule has 0 spiro atoms. The van der Waals surface area contributed by atoms with Gasteiger partial charge in [0.2, 0.25) is 5.91 Å². The molecule has 1 atom stereocenters. The molecule has 0 saturated carbocycles. The Hall–Kier alpha value is -3.48. The topological polar surface area (TPSA) is 92.8 Å². The van der Waals surface area contributed by atoms with Crippen LogP contribution in [0.2, 0.25) is 0 Å². The number of nitrogens with one attached hydrogen (secondary N) is 1. The van der Waals surface area contributed by atoms with Gasteiger partial charge >= 0.3 is 5.97 Å². The highest BCUT2D eigenvalue weighted by molar-refractivity contribution is 6.23. The van der Waals surface area contributed by atoms with Crippen molar-refractivity contribution in [2.75, 3.05) is 12.4 Å². The van der Waals surface area contributed by atoms with Crippen molar-refractivity contribution in [1.82, 2.24) is 4.90 Å². The summed E-state index contributed by atoms with van der Waals surface area (Å²) < 4.78 is 4.73. The van der Waals surface area contributed by atoms with Crippen LogP contribution >= 0.6 is 0 Å². The molecule has 3 amide bonds. The van der Waals surface area contributed by atoms with Crippen LogP contribution in [-0.2, 0) is 9.53 Å². The van der Waals surface area contributed by atoms with Crippen LogP contribution in [0.3, 0.4) is 0 Å². The second kappa shape index (κ2) is 7.64. The number of ether oxygens (including phenoxy) is 1. The van der Waals surface area contributed by atoms with E-state index in [0.717, 1.165) is 4.90 Å². The van der Waals surface area contributed by atoms with Crippen molar-refractivity contribution in [1.29, 1.82) is 0 Å². The number of fused-ring (bicyclic) bond motifs is 1. The van der Waals surface area contributed by atoms with Gasteiger partial charge in [-0.3, -0.25) is 19.3 Å². The van der Waals surface area contributed by atoms with Crippen LogP contribution in [0.15, 0.2) is 48.5 Å². The fourth-order valence-electron chi connectivity index (χ4n) is 3.27. The average molecular weight is 380 g/mol. The average Bonchev–Trinajstić information content (AvgIpc) is 2.93. The highest BCUT2D eigenvalue weighted by Crippen LogP contribution is 2.28. The van der Waals surface area contributed by atoms with Gasteiger partial charge in [-0.05, 0) is 30.2 Å². The lowest BCUT2D eigenvalue weighted by atomic mass is 10.0. The number of hydrogen-bond acceptors (Lipinski definition) is 5. The molecule has 7 nitrogen and oxygen atoms in total. The number of rotatable bonds is 5. The van der Waals surface area contributed by atoms with Crippen LogP contribution in [0.5, 0.6) is 0 Å². The van der Waals surface area contributed by atoms with E-state index in [9.17, 15) is 19.2 Å². The van der Waals surface area contributed by atoms with Crippen LogP contribution in [0, 0.1) is 5.92 Å². The highest BCUT2D eigenvalue weighted by atomic mass is 16.5. The molecule has 1 heterocycles. The zero-order chi connectivity index (χ0) is 20.4. The molecule has 2 aromatic carbocycles. The number of hydrogen-bond donors (Lipinski definition) is 1. The van der Waals surface area contributed by atoms with Gasteiger partial charge in [0.05, 0.1) is 29.5 Å². The SMILES string of the molecule is COC(=O)c1ccccc1NC(=O)[C@H](C(C)C)N1C(=O)c2ccccc2C1=O. The minimum Gasteiger partial charge on any atom is -0.465 e. The summed E-state index contributed by atoms with van der Waals surface area (Å²) in [4.78, 5) is 51.5. The van der Waals surface area contributed by atoms with E-state index in [2.05, 4.69) is 5.32 Å². The minimum atomic E-state index is -1.03. The molecule has 0 aromatic heterocycles. The molecule has 144 valence electrons. The Kier molecular flexibility index (Phi) is 5.26. The zero-order valence-corrected chi connectivity index (χ0v) is 15.8. The first-order valence-corrected chi connectivity index (χ1v) is 8.82. The second-order valence-electron chi connectivity index (χ2n) is 6.74. The fourth-order valence-corrected chi connectivity index (χ4v) is 3.27. The molecular formula is C21H20N2O5. The molecule has 28 heavy (non-hydrogen) atoms. The lowest BCUT2D eigenvalue weighted by Crippen LogP contribution is -2.50. The van der Waals surface area contributed by atoms with Gasteiger partial charge in [-0.2, -0.15) is 0 Å². The summed E-state index contributed by atoms with van der Waals surface area (Å²) in [5, 5.41) is 2.67. The van der Waals surface area contributed by atoms with E-state index in [4.69, 9.17) is 4.74 Å². The summed E-state index contributed by atoms with van der Waals surface area (Å²) in [6.07, 6.45) is 0. The smallest absolute Gasteiger partial charge is 0.339 e. The molecule has 0 saturated heterocycles. The number of benzene rings is 2. The Balaban J connectivity index is 1.93. The van der Waals surface area contributed by atoms with E-state index >= 15 is 0 Å². The van der Waals surface area contributed by atoms with Crippen molar-refractivity contribution in [3.63, 3.8) is 0 Å². The Morgan fingerprint density at radius 2 is 1.46 bits per heavy atom. The first-order chi connectivity index (χ1) is 13.4. The Morgan fingerprint density at radius 3 is 2.00 bits per heavy atom. The lowest BCUT2D eigenvalue weighted by Gasteiger charge is -2.28. The number of imide groups is 1. The van der Waals surface area contributed by atoms with E-state index in [0.29, 0.717) is 0 Å². The van der Waals surface area contributed by atoms with Crippen molar-refractivity contribution in [2.24, 2.45) is 5.92 Å². The van der Waals surface area contributed by atoms with Gasteiger partial charge in [0.25, 0.3) is 11.8 Å². The summed E-state index contributed by atoms with van der Waals surface area (Å²) >= 11 is 0. The first-order valence-electron chi connectivity index (χ1n) is 8.82. The molecule has 0 unspecified atom stereocenters. The number of para-hydroxylation sites is 1. The van der Waals surface area contributed by atoms with Gasteiger partial charge in [-0.25, -0.2) is 4.79 Å². The van der Waals surface area contributed by atoms with Crippen LogP contribution < -0.4 is 5.32 Å². The third kappa shape index (κ3) is 3.26. The van der Waals surface area contributed by atoms with Gasteiger partial charge in [0.15, 0.2) is 0 Å². The Morgan fingerprint density at radius 1 is 0.929 bits per heavy atom. The van der Waals surface area contributed by atoms with Crippen LogP contribution in [0.1, 0.15) is 44.9 Å². The lowest BCUT2D eigenvalue weighted by molar-refractivity contribution is -0.121. The maximum Gasteiger partial charge on any atom is 0.339 e. The second-order valence-corrected chi connectivity index (χ2v) is 6.74. The number of methoxy groups -OCH3 is 1. The highest BCUT2D eigenvalue weighted by Gasteiger charge is 2.44. The summed E-state index contributed by atoms with van der Waals surface area (Å²) in [5.74, 6) is -2.50. The van der Waals surface area contributed by atoms with Crippen molar-refractivity contribution < 1.29 is 23.9 Å². The third-order valence-electron chi connectivity index (χ3n) is 4.59. The monoisotopic (exact) mass is 380 g/mol. The molecule has 3 rings (SSSR count). The molecule has 1 N–H and O–H groups in total. The molecule has 0 bridgehead atoms. The van der Waals surface area contributed by atoms with Crippen LogP contribution in [0.4, 0.5) is 5.69 Å². The quantitative estimate of drug-likeness (QED) is 0.636. The Labute approximate surface area is 162 Å². The number of nitrogens with zero attached hydrogens (tertiary/aromatic N) is 1. The maximum absolute atomic E-state index is 13.0. The maximum atomic E-state index is 13.0. The third-order valence-corrected chi connectivity index (χ3v) is 4.59. The first kappa shape index (κ1) is 19.3. The molecular weight excluding hydrogens is 360 g/mol. The fraction of sp³-hybridized carbons (Fsp3) is 0.238. The van der Waals surface area contributed by atoms with Gasteiger partial charge in [-0.15, -0.1) is 0 Å². The van der Waals surface area contributed by atoms with Gasteiger partial charge in [0.1, 0.15) is 6.04 Å². The van der Waals surface area contributed by atoms with Crippen LogP contribution in [-0.4, -0.2) is 41.7 Å². The predicted octanol–water partition coefficient (Wildman–Crippen LogP) is 2.73. The molecule has 7 heteroatoms. The van der Waals surface area contributed by atoms with Crippen molar-refractivity contribution in [3.05, 3.63) is 65.2 Å². The molecule has 0 radical (unpaired) electrons. The van der Waals surface area contributed by atoms with Crippen LogP contribution in [0.25, 0.3) is 0 Å². The van der Waals surface area contributed by atoms with Gasteiger partial charge < -0.3 is 10.1 Å². The van der Waals surface area contributed by atoms with Gasteiger partial charge in [-0.1, -0.05) is 38.1 Å². The number of amides is 3. The molecule has 0 aliphatic carbocycles. The zero-order valence-electron chi connectivity index (χ0n) is 15.8. The summed E-state index contributed by atoms with van der Waals surface area (Å²) in [7, 11) is 1.25. The number of anilines is 1. The summed E-state index contributed by atoms with van der Waals surface area (Å²) in [6, 6.07) is 11.8. The predicted molar refractivity (Wildman–Crippen MR) is 102 cm³/mol. The summed E-state index contributed by atoms with van der Waals surface area (Å²) in [5.41, 5.74) is 0.992. The molecule has 1 aliphatic heterocycles. The molecule has 1 aliphatic rings. The van der Waals surface area contributed by atoms with Crippen molar-refractivity contribution in [3.8, 4) is 0 Å². The largest absolute Gasteiger partial charge is 0.465 e. The van der Waals surface area contributed by atoms with E-state index in [1.54, 1.807) is 56.3 Å². The number of carbonyl (C=O) groups excluding carboxylic acids is 4. The van der Waals surface area contributed by atoms with Crippen molar-refractivity contribution >= 4 is 29.4 Å². The molecule has 2 aromatic rings. The standard InChI is InChI=1S/C21H20N2O5/c1-12(2)17(23-19(25)13-8-4-5-9-14(13)20(23)26)18(24)22-16-11-7-6-10-15(16)21(27)28-3/h4-12,17H,1-3H3,(H,22,24)/t17-/m0/s1. The van der Waals surface area contributed by atoms with E-state index < -0.39 is 29.7 Å². The Bertz CT molecular complexity index is 932. The van der Waals surface area contributed by atoms with Crippen molar-refractivity contribution in [2.45, 2.75) is 19.9 Å². The number of esters is 1.